The van der Waals surface area contributed by atoms with Crippen molar-refractivity contribution in [3.63, 3.8) is 0 Å². The fourth-order valence-corrected chi connectivity index (χ4v) is 3.81. The first-order valence-corrected chi connectivity index (χ1v) is 9.94. The molecule has 2 aromatic rings. The third kappa shape index (κ3) is 3.72. The van der Waals surface area contributed by atoms with Crippen LogP contribution in [-0.2, 0) is 25.7 Å². The highest BCUT2D eigenvalue weighted by Crippen LogP contribution is 2.30. The molecular weight excluding hydrogens is 402 g/mol. The average Bonchev–Trinajstić information content (AvgIpc) is 3.31. The number of carbonyl (C=O) groups is 4. The van der Waals surface area contributed by atoms with Gasteiger partial charge in [0.15, 0.2) is 0 Å². The fraction of sp³-hybridized carbons (Fsp3) is 0.333. The zero-order chi connectivity index (χ0) is 22.1. The van der Waals surface area contributed by atoms with Crippen LogP contribution in [0.1, 0.15) is 32.1 Å². The van der Waals surface area contributed by atoms with E-state index < -0.39 is 29.7 Å². The van der Waals surface area contributed by atoms with Crippen molar-refractivity contribution >= 4 is 23.6 Å². The summed E-state index contributed by atoms with van der Waals surface area (Å²) in [6, 6.07) is 8.32. The van der Waals surface area contributed by atoms with Crippen molar-refractivity contribution in [3.8, 4) is 11.4 Å². The molecule has 1 atom stereocenters. The van der Waals surface area contributed by atoms with Gasteiger partial charge in [-0.2, -0.15) is 4.98 Å². The van der Waals surface area contributed by atoms with Gasteiger partial charge in [0.2, 0.25) is 23.5 Å². The summed E-state index contributed by atoms with van der Waals surface area (Å²) in [7, 11) is 1.65. The number of carbonyl (C=O) groups excluding carboxylic acids is 4. The Balaban J connectivity index is 1.55. The molecule has 0 spiro atoms. The van der Waals surface area contributed by atoms with Crippen molar-refractivity contribution in [2.75, 3.05) is 7.05 Å². The standard InChI is InChI=1S/C21H21N5O5/c1-3-13-17(21(30)26(20(13)29)14-9-10-15(27)22-19(14)28)25(2)11-16-23-18(24-31-16)12-7-5-4-6-8-12/h4-8,14H,3,9-11H2,1-2H3,(H,22,27,28). The van der Waals surface area contributed by atoms with E-state index >= 15 is 0 Å². The Labute approximate surface area is 177 Å². The van der Waals surface area contributed by atoms with Crippen LogP contribution in [0.15, 0.2) is 46.1 Å². The van der Waals surface area contributed by atoms with Crippen LogP contribution in [0.5, 0.6) is 0 Å². The molecule has 2 aliphatic heterocycles. The minimum atomic E-state index is -1.00. The number of likely N-dealkylation sites (N-methyl/N-ethyl adjacent to an activating group) is 1. The number of aromatic nitrogens is 2. The maximum atomic E-state index is 13.1. The van der Waals surface area contributed by atoms with E-state index in [9.17, 15) is 19.2 Å². The van der Waals surface area contributed by atoms with Crippen molar-refractivity contribution in [2.45, 2.75) is 38.8 Å². The predicted octanol–water partition coefficient (Wildman–Crippen LogP) is 1.01. The summed E-state index contributed by atoms with van der Waals surface area (Å²) in [5.74, 6) is -1.42. The van der Waals surface area contributed by atoms with Crippen molar-refractivity contribution in [1.82, 2.24) is 25.3 Å². The van der Waals surface area contributed by atoms with Crippen LogP contribution in [0, 0.1) is 0 Å². The molecule has 1 aromatic heterocycles. The Bertz CT molecular complexity index is 1090. The number of imide groups is 2. The topological polar surface area (TPSA) is 126 Å². The Morgan fingerprint density at radius 2 is 1.90 bits per heavy atom. The quantitative estimate of drug-likeness (QED) is 0.682. The van der Waals surface area contributed by atoms with Gasteiger partial charge in [-0.1, -0.05) is 42.4 Å². The highest BCUT2D eigenvalue weighted by Gasteiger charge is 2.46. The number of nitrogens with zero attached hydrogens (tertiary/aromatic N) is 4. The number of benzene rings is 1. The maximum Gasteiger partial charge on any atom is 0.278 e. The van der Waals surface area contributed by atoms with Gasteiger partial charge in [0, 0.05) is 24.6 Å². The summed E-state index contributed by atoms with van der Waals surface area (Å²) in [6.07, 6.45) is 0.498. The van der Waals surface area contributed by atoms with E-state index in [0.29, 0.717) is 17.8 Å². The molecule has 10 nitrogen and oxygen atoms in total. The van der Waals surface area contributed by atoms with E-state index in [1.54, 1.807) is 18.9 Å². The summed E-state index contributed by atoms with van der Waals surface area (Å²) >= 11 is 0. The first-order valence-electron chi connectivity index (χ1n) is 9.94. The summed E-state index contributed by atoms with van der Waals surface area (Å²) in [5.41, 5.74) is 1.29. The molecule has 31 heavy (non-hydrogen) atoms. The number of nitrogens with one attached hydrogen (secondary N) is 1. The summed E-state index contributed by atoms with van der Waals surface area (Å²) in [5, 5.41) is 6.16. The second-order valence-corrected chi connectivity index (χ2v) is 7.36. The van der Waals surface area contributed by atoms with Crippen LogP contribution in [-0.4, -0.2) is 56.7 Å². The van der Waals surface area contributed by atoms with Crippen molar-refractivity contribution < 1.29 is 23.7 Å². The normalized spacial score (nSPS) is 19.3. The van der Waals surface area contributed by atoms with Crippen LogP contribution in [0.2, 0.25) is 0 Å². The Morgan fingerprint density at radius 1 is 1.16 bits per heavy atom. The van der Waals surface area contributed by atoms with Crippen LogP contribution in [0.4, 0.5) is 0 Å². The largest absolute Gasteiger partial charge is 0.360 e. The van der Waals surface area contributed by atoms with E-state index in [4.69, 9.17) is 4.52 Å². The third-order valence-corrected chi connectivity index (χ3v) is 5.31. The van der Waals surface area contributed by atoms with Crippen LogP contribution < -0.4 is 5.32 Å². The first-order chi connectivity index (χ1) is 14.9. The van der Waals surface area contributed by atoms with E-state index in [1.807, 2.05) is 30.3 Å². The highest BCUT2D eigenvalue weighted by atomic mass is 16.5. The zero-order valence-corrected chi connectivity index (χ0v) is 17.1. The monoisotopic (exact) mass is 423 g/mol. The molecule has 0 saturated carbocycles. The smallest absolute Gasteiger partial charge is 0.278 e. The van der Waals surface area contributed by atoms with Gasteiger partial charge in [0.05, 0.1) is 6.54 Å². The van der Waals surface area contributed by atoms with Gasteiger partial charge in [-0.15, -0.1) is 0 Å². The van der Waals surface area contributed by atoms with Crippen LogP contribution in [0.3, 0.4) is 0 Å². The molecule has 1 fully saturated rings. The predicted molar refractivity (Wildman–Crippen MR) is 107 cm³/mol. The SMILES string of the molecule is CCC1=C(N(C)Cc2nc(-c3ccccc3)no2)C(=O)N(C2CCC(=O)NC2=O)C1=O. The van der Waals surface area contributed by atoms with Gasteiger partial charge in [0.25, 0.3) is 11.8 Å². The van der Waals surface area contributed by atoms with Gasteiger partial charge >= 0.3 is 0 Å². The average molecular weight is 423 g/mol. The number of rotatable bonds is 6. The number of amides is 4. The number of hydrogen-bond donors (Lipinski definition) is 1. The van der Waals surface area contributed by atoms with Crippen LogP contribution in [0.25, 0.3) is 11.4 Å². The molecule has 4 rings (SSSR count). The molecular formula is C21H21N5O5. The lowest BCUT2D eigenvalue weighted by molar-refractivity contribution is -0.150. The molecule has 3 heterocycles. The lowest BCUT2D eigenvalue weighted by Gasteiger charge is -2.29. The van der Waals surface area contributed by atoms with Gasteiger partial charge < -0.3 is 9.42 Å². The van der Waals surface area contributed by atoms with Crippen molar-refractivity contribution in [2.24, 2.45) is 0 Å². The Hall–Kier alpha value is -3.82. The van der Waals surface area contributed by atoms with E-state index in [2.05, 4.69) is 15.5 Å². The molecule has 0 bridgehead atoms. The number of piperidine rings is 1. The molecule has 4 amide bonds. The Morgan fingerprint density at radius 3 is 2.58 bits per heavy atom. The molecule has 160 valence electrons. The lowest BCUT2D eigenvalue weighted by atomic mass is 10.0. The maximum absolute atomic E-state index is 13.1. The molecule has 0 radical (unpaired) electrons. The van der Waals surface area contributed by atoms with Gasteiger partial charge in [-0.25, -0.2) is 0 Å². The van der Waals surface area contributed by atoms with Crippen molar-refractivity contribution in [1.29, 1.82) is 0 Å². The second kappa shape index (κ2) is 8.13. The van der Waals surface area contributed by atoms with E-state index in [1.165, 1.54) is 0 Å². The second-order valence-electron chi connectivity index (χ2n) is 7.36. The molecule has 1 N–H and O–H groups in total. The third-order valence-electron chi connectivity index (χ3n) is 5.31. The summed E-state index contributed by atoms with van der Waals surface area (Å²) < 4.78 is 5.32. The highest BCUT2D eigenvalue weighted by molar-refractivity contribution is 6.21. The first kappa shape index (κ1) is 20.5. The zero-order valence-electron chi connectivity index (χ0n) is 17.1. The van der Waals surface area contributed by atoms with E-state index in [-0.39, 0.29) is 31.0 Å². The molecule has 1 saturated heterocycles. The minimum Gasteiger partial charge on any atom is -0.360 e. The minimum absolute atomic E-state index is 0.0738. The molecule has 0 aliphatic carbocycles. The Kier molecular flexibility index (Phi) is 5.37. The fourth-order valence-electron chi connectivity index (χ4n) is 3.81. The van der Waals surface area contributed by atoms with Gasteiger partial charge in [-0.05, 0) is 12.8 Å². The molecule has 1 unspecified atom stereocenters. The van der Waals surface area contributed by atoms with Crippen LogP contribution >= 0.6 is 0 Å². The molecule has 1 aromatic carbocycles. The summed E-state index contributed by atoms with van der Waals surface area (Å²) in [6.45, 7) is 1.88. The number of hydrogen-bond acceptors (Lipinski definition) is 8. The van der Waals surface area contributed by atoms with E-state index in [0.717, 1.165) is 10.5 Å². The van der Waals surface area contributed by atoms with Crippen molar-refractivity contribution in [3.05, 3.63) is 47.5 Å². The molecule has 2 aliphatic rings. The van der Waals surface area contributed by atoms with Gasteiger partial charge in [-0.3, -0.25) is 29.4 Å². The lowest BCUT2D eigenvalue weighted by Crippen LogP contribution is -2.55. The molecule has 10 heteroatoms. The summed E-state index contributed by atoms with van der Waals surface area (Å²) in [4.78, 5) is 56.6. The van der Waals surface area contributed by atoms with Gasteiger partial charge in [0.1, 0.15) is 11.7 Å².